The third kappa shape index (κ3) is 8.92. The Labute approximate surface area is 121 Å². The van der Waals surface area contributed by atoms with Crippen molar-refractivity contribution >= 4 is 23.0 Å². The van der Waals surface area contributed by atoms with Crippen molar-refractivity contribution < 1.29 is 5.11 Å². The quantitative estimate of drug-likeness (QED) is 0.334. The van der Waals surface area contributed by atoms with E-state index >= 15 is 0 Å². The lowest BCUT2D eigenvalue weighted by atomic mass is 10.2. The Balaban J connectivity index is 0.00000154. The zero-order valence-electron chi connectivity index (χ0n) is 11.6. The van der Waals surface area contributed by atoms with Crippen molar-refractivity contribution in [2.24, 2.45) is 0 Å². The van der Waals surface area contributed by atoms with Gasteiger partial charge in [0.25, 0.3) is 0 Å². The van der Waals surface area contributed by atoms with Gasteiger partial charge in [-0.05, 0) is 49.3 Å². The summed E-state index contributed by atoms with van der Waals surface area (Å²) in [6.45, 7) is 4.81. The molecule has 4 heteroatoms. The van der Waals surface area contributed by atoms with Crippen molar-refractivity contribution in [3.8, 4) is 18.1 Å². The number of unbranched alkanes of at least 4 members (excludes halogenated alkanes) is 2. The maximum atomic E-state index is 9.12. The standard InChI is InChI=1S/C13H16N2OS.C2H6/c1-2-3-4-5-10-14-13(17)15-11-6-8-12(16)9-7-11;1-2/h1,6-9,16H,3-5,10H2,(H2,14,15,17);1-2H3. The van der Waals surface area contributed by atoms with Gasteiger partial charge in [-0.1, -0.05) is 13.8 Å². The summed E-state index contributed by atoms with van der Waals surface area (Å²) in [6.07, 6.45) is 7.97. The first-order valence-electron chi connectivity index (χ1n) is 6.49. The SMILES string of the molecule is C#CCCCCNC(=S)Nc1ccc(O)cc1.CC. The summed E-state index contributed by atoms with van der Waals surface area (Å²) in [4.78, 5) is 0. The average molecular weight is 278 g/mol. The van der Waals surface area contributed by atoms with Gasteiger partial charge in [-0.25, -0.2) is 0 Å². The molecule has 1 aromatic rings. The fourth-order valence-electron chi connectivity index (χ4n) is 1.27. The van der Waals surface area contributed by atoms with Crippen LogP contribution >= 0.6 is 12.2 Å². The second-order valence-corrected chi connectivity index (χ2v) is 4.00. The van der Waals surface area contributed by atoms with Crippen LogP contribution in [0.25, 0.3) is 0 Å². The van der Waals surface area contributed by atoms with Crippen molar-refractivity contribution in [2.75, 3.05) is 11.9 Å². The average Bonchev–Trinajstić information content (AvgIpc) is 2.43. The van der Waals surface area contributed by atoms with Crippen LogP contribution < -0.4 is 10.6 Å². The first kappa shape index (κ1) is 17.3. The molecule has 0 fully saturated rings. The molecule has 3 N–H and O–H groups in total. The van der Waals surface area contributed by atoms with E-state index in [0.717, 1.165) is 31.5 Å². The minimum Gasteiger partial charge on any atom is -0.508 e. The van der Waals surface area contributed by atoms with Gasteiger partial charge in [0.05, 0.1) is 0 Å². The Morgan fingerprint density at radius 2 is 1.89 bits per heavy atom. The van der Waals surface area contributed by atoms with Gasteiger partial charge in [0.1, 0.15) is 5.75 Å². The fraction of sp³-hybridized carbons (Fsp3) is 0.400. The first-order chi connectivity index (χ1) is 9.22. The van der Waals surface area contributed by atoms with Crippen molar-refractivity contribution in [1.29, 1.82) is 0 Å². The number of hydrogen-bond donors (Lipinski definition) is 3. The Morgan fingerprint density at radius 1 is 1.26 bits per heavy atom. The summed E-state index contributed by atoms with van der Waals surface area (Å²) in [5, 5.41) is 15.8. The van der Waals surface area contributed by atoms with E-state index in [-0.39, 0.29) is 5.75 Å². The van der Waals surface area contributed by atoms with Gasteiger partial charge < -0.3 is 15.7 Å². The van der Waals surface area contributed by atoms with E-state index in [1.165, 1.54) is 0 Å². The predicted molar refractivity (Wildman–Crippen MR) is 86.4 cm³/mol. The molecule has 104 valence electrons. The van der Waals surface area contributed by atoms with Crippen LogP contribution in [-0.4, -0.2) is 16.8 Å². The molecular formula is C15H22N2OS. The third-order valence-electron chi connectivity index (χ3n) is 2.16. The van der Waals surface area contributed by atoms with E-state index < -0.39 is 0 Å². The van der Waals surface area contributed by atoms with Crippen molar-refractivity contribution in [2.45, 2.75) is 33.1 Å². The highest BCUT2D eigenvalue weighted by atomic mass is 32.1. The van der Waals surface area contributed by atoms with E-state index in [2.05, 4.69) is 16.6 Å². The molecule has 0 aliphatic carbocycles. The summed E-state index contributed by atoms with van der Waals surface area (Å²) in [5.74, 6) is 2.84. The summed E-state index contributed by atoms with van der Waals surface area (Å²) >= 11 is 5.12. The smallest absolute Gasteiger partial charge is 0.170 e. The van der Waals surface area contributed by atoms with Gasteiger partial charge in [0, 0.05) is 18.7 Å². The van der Waals surface area contributed by atoms with E-state index in [9.17, 15) is 0 Å². The molecule has 0 saturated heterocycles. The van der Waals surface area contributed by atoms with Crippen LogP contribution in [0.4, 0.5) is 5.69 Å². The number of hydrogen-bond acceptors (Lipinski definition) is 2. The summed E-state index contributed by atoms with van der Waals surface area (Å²) in [7, 11) is 0. The van der Waals surface area contributed by atoms with Gasteiger partial charge in [-0.15, -0.1) is 12.3 Å². The Hall–Kier alpha value is -1.73. The molecule has 19 heavy (non-hydrogen) atoms. The third-order valence-corrected chi connectivity index (χ3v) is 2.41. The topological polar surface area (TPSA) is 44.3 Å². The molecule has 0 unspecified atom stereocenters. The molecule has 0 atom stereocenters. The van der Waals surface area contributed by atoms with Crippen molar-refractivity contribution in [1.82, 2.24) is 5.32 Å². The monoisotopic (exact) mass is 278 g/mol. The van der Waals surface area contributed by atoms with Gasteiger partial charge in [0.15, 0.2) is 5.11 Å². The van der Waals surface area contributed by atoms with E-state index in [0.29, 0.717) is 5.11 Å². The lowest BCUT2D eigenvalue weighted by Crippen LogP contribution is -2.29. The highest BCUT2D eigenvalue weighted by molar-refractivity contribution is 7.80. The number of thiocarbonyl (C=S) groups is 1. The zero-order valence-corrected chi connectivity index (χ0v) is 12.4. The Morgan fingerprint density at radius 3 is 2.47 bits per heavy atom. The lowest BCUT2D eigenvalue weighted by molar-refractivity contribution is 0.475. The molecule has 0 bridgehead atoms. The molecule has 0 aromatic heterocycles. The summed E-state index contributed by atoms with van der Waals surface area (Å²) < 4.78 is 0. The first-order valence-corrected chi connectivity index (χ1v) is 6.90. The number of phenols is 1. The maximum Gasteiger partial charge on any atom is 0.170 e. The highest BCUT2D eigenvalue weighted by Gasteiger charge is 1.96. The molecule has 1 aromatic carbocycles. The number of terminal acetylenes is 1. The highest BCUT2D eigenvalue weighted by Crippen LogP contribution is 2.13. The molecule has 0 saturated carbocycles. The van der Waals surface area contributed by atoms with Gasteiger partial charge in [-0.2, -0.15) is 0 Å². The Bertz CT molecular complexity index is 396. The number of anilines is 1. The molecule has 0 aliphatic heterocycles. The van der Waals surface area contributed by atoms with Crippen LogP contribution in [0, 0.1) is 12.3 Å². The number of phenolic OH excluding ortho intramolecular Hbond substituents is 1. The molecule has 1 rings (SSSR count). The van der Waals surface area contributed by atoms with Gasteiger partial charge >= 0.3 is 0 Å². The molecule has 0 aliphatic rings. The van der Waals surface area contributed by atoms with E-state index in [1.54, 1.807) is 24.3 Å². The summed E-state index contributed by atoms with van der Waals surface area (Å²) in [6, 6.07) is 6.75. The van der Waals surface area contributed by atoms with Crippen LogP contribution in [-0.2, 0) is 0 Å². The molecule has 0 radical (unpaired) electrons. The normalized spacial score (nSPS) is 8.68. The zero-order chi connectivity index (χ0) is 14.5. The minimum atomic E-state index is 0.240. The number of benzene rings is 1. The fourth-order valence-corrected chi connectivity index (χ4v) is 1.49. The minimum absolute atomic E-state index is 0.240. The number of aromatic hydroxyl groups is 1. The number of rotatable bonds is 5. The predicted octanol–water partition coefficient (Wildman–Crippen LogP) is 3.51. The van der Waals surface area contributed by atoms with E-state index in [4.69, 9.17) is 23.7 Å². The van der Waals surface area contributed by atoms with Crippen LogP contribution in [0.1, 0.15) is 33.1 Å². The molecule has 0 heterocycles. The van der Waals surface area contributed by atoms with Crippen LogP contribution in [0.3, 0.4) is 0 Å². The second-order valence-electron chi connectivity index (χ2n) is 3.59. The van der Waals surface area contributed by atoms with Gasteiger partial charge in [0.2, 0.25) is 0 Å². The van der Waals surface area contributed by atoms with E-state index in [1.807, 2.05) is 13.8 Å². The number of nitrogens with one attached hydrogen (secondary N) is 2. The maximum absolute atomic E-state index is 9.12. The van der Waals surface area contributed by atoms with Crippen LogP contribution in [0.2, 0.25) is 0 Å². The largest absolute Gasteiger partial charge is 0.508 e. The lowest BCUT2D eigenvalue weighted by Gasteiger charge is -2.10. The molecule has 0 spiro atoms. The van der Waals surface area contributed by atoms with Crippen molar-refractivity contribution in [3.05, 3.63) is 24.3 Å². The molecule has 0 amide bonds. The molecule has 3 nitrogen and oxygen atoms in total. The van der Waals surface area contributed by atoms with Crippen LogP contribution in [0.5, 0.6) is 5.75 Å². The summed E-state index contributed by atoms with van der Waals surface area (Å²) in [5.41, 5.74) is 0.851. The van der Waals surface area contributed by atoms with Crippen molar-refractivity contribution in [3.63, 3.8) is 0 Å². The van der Waals surface area contributed by atoms with Gasteiger partial charge in [-0.3, -0.25) is 0 Å². The van der Waals surface area contributed by atoms with Crippen LogP contribution in [0.15, 0.2) is 24.3 Å². The Kier molecular flexibility index (Phi) is 10.3. The molecular weight excluding hydrogens is 256 g/mol. The second kappa shape index (κ2) is 11.4.